The lowest BCUT2D eigenvalue weighted by Crippen LogP contribution is -2.49. The van der Waals surface area contributed by atoms with Crippen LogP contribution in [0.4, 0.5) is 5.69 Å². The number of nitrogens with zero attached hydrogens (tertiary/aromatic N) is 1. The molecule has 3 aromatic rings. The summed E-state index contributed by atoms with van der Waals surface area (Å²) in [6.45, 7) is 4.93. The molecule has 0 unspecified atom stereocenters. The van der Waals surface area contributed by atoms with Gasteiger partial charge in [0.05, 0.1) is 12.0 Å². The highest BCUT2D eigenvalue weighted by molar-refractivity contribution is 6.04. The van der Waals surface area contributed by atoms with Crippen molar-refractivity contribution in [3.05, 3.63) is 101 Å². The zero-order valence-electron chi connectivity index (χ0n) is 17.8. The fraction of sp³-hybridized carbons (Fsp3) is 0.259. The normalized spacial score (nSPS) is 19.5. The largest absolute Gasteiger partial charge is 0.330 e. The van der Waals surface area contributed by atoms with Crippen molar-refractivity contribution in [2.45, 2.75) is 38.1 Å². The maximum atomic E-state index is 13.7. The number of carbonyl (C=O) groups is 2. The van der Waals surface area contributed by atoms with Gasteiger partial charge in [0.1, 0.15) is 0 Å². The Morgan fingerprint density at radius 1 is 0.935 bits per heavy atom. The molecule has 0 fully saturated rings. The van der Waals surface area contributed by atoms with Crippen molar-refractivity contribution in [3.63, 3.8) is 0 Å². The van der Waals surface area contributed by atoms with Crippen LogP contribution in [0, 0.1) is 0 Å². The molecule has 3 aromatic carbocycles. The van der Waals surface area contributed by atoms with Crippen LogP contribution in [-0.4, -0.2) is 23.3 Å². The van der Waals surface area contributed by atoms with E-state index in [9.17, 15) is 9.59 Å². The van der Waals surface area contributed by atoms with E-state index in [2.05, 4.69) is 43.4 Å². The maximum absolute atomic E-state index is 13.7. The third-order valence-corrected chi connectivity index (χ3v) is 6.56. The Bertz CT molecular complexity index is 1150. The third kappa shape index (κ3) is 3.32. The first-order chi connectivity index (χ1) is 15.0. The van der Waals surface area contributed by atoms with E-state index in [1.165, 1.54) is 11.1 Å². The highest BCUT2D eigenvalue weighted by Crippen LogP contribution is 2.46. The third-order valence-electron chi connectivity index (χ3n) is 6.56. The Hall–Kier alpha value is -3.40. The summed E-state index contributed by atoms with van der Waals surface area (Å²) >= 11 is 0. The van der Waals surface area contributed by atoms with E-state index in [4.69, 9.17) is 0 Å². The Morgan fingerprint density at radius 2 is 1.61 bits per heavy atom. The Labute approximate surface area is 182 Å². The molecule has 2 aliphatic heterocycles. The number of amides is 2. The van der Waals surface area contributed by atoms with Gasteiger partial charge in [-0.05, 0) is 52.8 Å². The summed E-state index contributed by atoms with van der Waals surface area (Å²) in [4.78, 5) is 28.8. The minimum absolute atomic E-state index is 0.0143. The summed E-state index contributed by atoms with van der Waals surface area (Å²) in [5.41, 5.74) is 5.75. The average Bonchev–Trinajstić information content (AvgIpc) is 2.79. The summed E-state index contributed by atoms with van der Waals surface area (Å²) in [6, 6.07) is 23.5. The second-order valence-electron chi connectivity index (χ2n) is 8.72. The summed E-state index contributed by atoms with van der Waals surface area (Å²) in [7, 11) is 0. The van der Waals surface area contributed by atoms with Crippen LogP contribution in [0.1, 0.15) is 64.3 Å². The zero-order valence-corrected chi connectivity index (χ0v) is 17.8. The fourth-order valence-electron chi connectivity index (χ4n) is 4.93. The molecule has 5 rings (SSSR count). The first-order valence-electron chi connectivity index (χ1n) is 10.9. The molecule has 2 atom stereocenters. The lowest BCUT2D eigenvalue weighted by Gasteiger charge is -2.45. The molecule has 156 valence electrons. The summed E-state index contributed by atoms with van der Waals surface area (Å²) in [5, 5.41) is 3.12. The van der Waals surface area contributed by atoms with E-state index in [0.29, 0.717) is 18.0 Å². The first-order valence-corrected chi connectivity index (χ1v) is 10.9. The standard InChI is InChI=1S/C27H26N2O2/c1-17(2)18-11-13-20(14-12-18)28-26(30)24-22-9-5-6-10-23(22)27(31)29-16-15-19-7-3-4-8-21(19)25(24)29/h3-14,17,24-25H,15-16H2,1-2H3,(H,28,30)/t24-,25-/m1/s1. The molecule has 0 aromatic heterocycles. The van der Waals surface area contributed by atoms with Crippen LogP contribution in [0.3, 0.4) is 0 Å². The van der Waals surface area contributed by atoms with Crippen molar-refractivity contribution in [3.8, 4) is 0 Å². The smallest absolute Gasteiger partial charge is 0.254 e. The van der Waals surface area contributed by atoms with Gasteiger partial charge in [-0.3, -0.25) is 9.59 Å². The molecule has 0 bridgehead atoms. The van der Waals surface area contributed by atoms with Crippen LogP contribution in [-0.2, 0) is 11.2 Å². The average molecular weight is 411 g/mol. The Morgan fingerprint density at radius 3 is 2.35 bits per heavy atom. The molecule has 4 heteroatoms. The van der Waals surface area contributed by atoms with E-state index in [1.807, 2.05) is 53.4 Å². The predicted molar refractivity (Wildman–Crippen MR) is 122 cm³/mol. The minimum Gasteiger partial charge on any atom is -0.330 e. The maximum Gasteiger partial charge on any atom is 0.254 e. The quantitative estimate of drug-likeness (QED) is 0.638. The Balaban J connectivity index is 1.57. The molecule has 0 saturated heterocycles. The van der Waals surface area contributed by atoms with E-state index < -0.39 is 5.92 Å². The molecule has 0 aliphatic carbocycles. The zero-order chi connectivity index (χ0) is 21.5. The number of benzene rings is 3. The molecular weight excluding hydrogens is 384 g/mol. The van der Waals surface area contributed by atoms with Gasteiger partial charge in [-0.1, -0.05) is 68.4 Å². The van der Waals surface area contributed by atoms with E-state index >= 15 is 0 Å². The van der Waals surface area contributed by atoms with Gasteiger partial charge in [0, 0.05) is 17.8 Å². The van der Waals surface area contributed by atoms with Gasteiger partial charge in [0.15, 0.2) is 0 Å². The molecule has 1 N–H and O–H groups in total. The van der Waals surface area contributed by atoms with Crippen LogP contribution < -0.4 is 5.32 Å². The number of anilines is 1. The van der Waals surface area contributed by atoms with Crippen LogP contribution in [0.2, 0.25) is 0 Å². The van der Waals surface area contributed by atoms with Crippen LogP contribution in [0.25, 0.3) is 0 Å². The van der Waals surface area contributed by atoms with Crippen LogP contribution in [0.15, 0.2) is 72.8 Å². The van der Waals surface area contributed by atoms with Gasteiger partial charge in [0.2, 0.25) is 5.91 Å². The van der Waals surface area contributed by atoms with Gasteiger partial charge >= 0.3 is 0 Å². The van der Waals surface area contributed by atoms with Crippen molar-refractivity contribution >= 4 is 17.5 Å². The number of hydrogen-bond donors (Lipinski definition) is 1. The molecule has 2 amide bonds. The second kappa shape index (κ2) is 7.69. The monoisotopic (exact) mass is 410 g/mol. The van der Waals surface area contributed by atoms with Crippen molar-refractivity contribution in [1.82, 2.24) is 4.90 Å². The number of carbonyl (C=O) groups excluding carboxylic acids is 2. The van der Waals surface area contributed by atoms with Crippen molar-refractivity contribution in [2.24, 2.45) is 0 Å². The van der Waals surface area contributed by atoms with Crippen molar-refractivity contribution in [2.75, 3.05) is 11.9 Å². The van der Waals surface area contributed by atoms with Gasteiger partial charge in [-0.2, -0.15) is 0 Å². The van der Waals surface area contributed by atoms with E-state index in [1.54, 1.807) is 0 Å². The first kappa shape index (κ1) is 19.6. The molecule has 0 saturated carbocycles. The number of fused-ring (bicyclic) bond motifs is 4. The molecular formula is C27H26N2O2. The summed E-state index contributed by atoms with van der Waals surface area (Å²) in [5.74, 6) is -0.0854. The SMILES string of the molecule is CC(C)c1ccc(NC(=O)[C@@H]2c3ccccc3C(=O)N3CCc4ccccc4[C@H]23)cc1. The molecule has 31 heavy (non-hydrogen) atoms. The van der Waals surface area contributed by atoms with Gasteiger partial charge in [-0.25, -0.2) is 0 Å². The topological polar surface area (TPSA) is 49.4 Å². The Kier molecular flexibility index (Phi) is 4.85. The number of nitrogens with one attached hydrogen (secondary N) is 1. The summed E-state index contributed by atoms with van der Waals surface area (Å²) in [6.07, 6.45) is 0.811. The van der Waals surface area contributed by atoms with Crippen LogP contribution in [0.5, 0.6) is 0 Å². The fourth-order valence-corrected chi connectivity index (χ4v) is 4.93. The van der Waals surface area contributed by atoms with Crippen LogP contribution >= 0.6 is 0 Å². The van der Waals surface area contributed by atoms with E-state index in [0.717, 1.165) is 23.2 Å². The van der Waals surface area contributed by atoms with Crippen molar-refractivity contribution < 1.29 is 9.59 Å². The summed E-state index contributed by atoms with van der Waals surface area (Å²) < 4.78 is 0. The highest BCUT2D eigenvalue weighted by atomic mass is 16.2. The molecule has 2 aliphatic rings. The van der Waals surface area contributed by atoms with Gasteiger partial charge < -0.3 is 10.2 Å². The van der Waals surface area contributed by atoms with Gasteiger partial charge in [0.25, 0.3) is 5.91 Å². The number of rotatable bonds is 3. The highest BCUT2D eigenvalue weighted by Gasteiger charge is 2.46. The second-order valence-corrected chi connectivity index (χ2v) is 8.72. The lowest BCUT2D eigenvalue weighted by molar-refractivity contribution is -0.119. The minimum atomic E-state index is -0.458. The molecule has 4 nitrogen and oxygen atoms in total. The number of hydrogen-bond acceptors (Lipinski definition) is 2. The van der Waals surface area contributed by atoms with Gasteiger partial charge in [-0.15, -0.1) is 0 Å². The predicted octanol–water partition coefficient (Wildman–Crippen LogP) is 5.29. The lowest BCUT2D eigenvalue weighted by atomic mass is 9.76. The van der Waals surface area contributed by atoms with Crippen molar-refractivity contribution in [1.29, 1.82) is 0 Å². The van der Waals surface area contributed by atoms with E-state index in [-0.39, 0.29) is 17.9 Å². The molecule has 0 spiro atoms. The molecule has 2 heterocycles. The molecule has 0 radical (unpaired) electrons.